The van der Waals surface area contributed by atoms with Crippen molar-refractivity contribution in [3.05, 3.63) is 29.0 Å². The van der Waals surface area contributed by atoms with E-state index in [9.17, 15) is 17.6 Å². The Labute approximate surface area is 115 Å². The maximum atomic E-state index is 13.0. The molecule has 2 N–H and O–H groups in total. The molecule has 0 bridgehead atoms. The van der Waals surface area contributed by atoms with E-state index in [1.165, 1.54) is 0 Å². The van der Waals surface area contributed by atoms with Crippen molar-refractivity contribution in [3.63, 3.8) is 0 Å². The van der Waals surface area contributed by atoms with E-state index < -0.39 is 21.8 Å². The standard InChI is InChI=1S/C11H13ClFNO4S/c12-9-5-4-8(13)7-10(9)19(17,18)14-6-2-1-3-11(15)16/h4-5,7,14H,1-3,6H2,(H,15,16). The minimum atomic E-state index is -3.88. The lowest BCUT2D eigenvalue weighted by Crippen LogP contribution is -2.25. The van der Waals surface area contributed by atoms with E-state index in [-0.39, 0.29) is 22.9 Å². The Bertz CT molecular complexity index is 562. The fourth-order valence-corrected chi connectivity index (χ4v) is 2.95. The molecule has 0 fully saturated rings. The van der Waals surface area contributed by atoms with Crippen LogP contribution in [0.2, 0.25) is 5.02 Å². The van der Waals surface area contributed by atoms with Crippen molar-refractivity contribution >= 4 is 27.6 Å². The van der Waals surface area contributed by atoms with Gasteiger partial charge in [-0.3, -0.25) is 4.79 Å². The molecule has 0 spiro atoms. The van der Waals surface area contributed by atoms with Crippen LogP contribution in [0.15, 0.2) is 23.1 Å². The summed E-state index contributed by atoms with van der Waals surface area (Å²) in [6.07, 6.45) is 0.704. The summed E-state index contributed by atoms with van der Waals surface area (Å²) in [5.74, 6) is -1.63. The number of sulfonamides is 1. The lowest BCUT2D eigenvalue weighted by molar-refractivity contribution is -0.137. The molecule has 8 heteroatoms. The second-order valence-electron chi connectivity index (χ2n) is 3.82. The number of unbranched alkanes of at least 4 members (excludes halogenated alkanes) is 1. The Morgan fingerprint density at radius 2 is 2.05 bits per heavy atom. The highest BCUT2D eigenvalue weighted by Crippen LogP contribution is 2.21. The van der Waals surface area contributed by atoms with Gasteiger partial charge in [-0.25, -0.2) is 17.5 Å². The largest absolute Gasteiger partial charge is 0.481 e. The van der Waals surface area contributed by atoms with Gasteiger partial charge in [-0.1, -0.05) is 11.6 Å². The number of carboxylic acids is 1. The Balaban J connectivity index is 2.61. The van der Waals surface area contributed by atoms with E-state index >= 15 is 0 Å². The van der Waals surface area contributed by atoms with Crippen molar-refractivity contribution in [1.82, 2.24) is 4.72 Å². The van der Waals surface area contributed by atoms with Crippen LogP contribution in [-0.4, -0.2) is 26.0 Å². The number of hydrogen-bond donors (Lipinski definition) is 2. The van der Waals surface area contributed by atoms with Gasteiger partial charge in [-0.2, -0.15) is 0 Å². The van der Waals surface area contributed by atoms with Crippen LogP contribution in [-0.2, 0) is 14.8 Å². The molecule has 0 aromatic heterocycles. The highest BCUT2D eigenvalue weighted by molar-refractivity contribution is 7.89. The van der Waals surface area contributed by atoms with E-state index in [1.807, 2.05) is 0 Å². The quantitative estimate of drug-likeness (QED) is 0.755. The summed E-state index contributed by atoms with van der Waals surface area (Å²) in [4.78, 5) is 9.94. The number of rotatable bonds is 7. The van der Waals surface area contributed by atoms with Crippen molar-refractivity contribution in [2.75, 3.05) is 6.54 Å². The van der Waals surface area contributed by atoms with Gasteiger partial charge in [0.15, 0.2) is 0 Å². The number of nitrogens with one attached hydrogen (secondary N) is 1. The van der Waals surface area contributed by atoms with Crippen molar-refractivity contribution < 1.29 is 22.7 Å². The Morgan fingerprint density at radius 3 is 2.68 bits per heavy atom. The maximum absolute atomic E-state index is 13.0. The fourth-order valence-electron chi connectivity index (χ4n) is 1.37. The molecule has 0 aliphatic rings. The van der Waals surface area contributed by atoms with Crippen LogP contribution in [0.25, 0.3) is 0 Å². The van der Waals surface area contributed by atoms with Crippen molar-refractivity contribution in [2.24, 2.45) is 0 Å². The van der Waals surface area contributed by atoms with Crippen molar-refractivity contribution in [2.45, 2.75) is 24.2 Å². The second kappa shape index (κ2) is 6.83. The molecule has 1 aromatic rings. The summed E-state index contributed by atoms with van der Waals surface area (Å²) >= 11 is 5.70. The highest BCUT2D eigenvalue weighted by Gasteiger charge is 2.18. The monoisotopic (exact) mass is 309 g/mol. The molecule has 0 atom stereocenters. The molecule has 0 saturated heterocycles. The zero-order chi connectivity index (χ0) is 14.5. The first-order chi connectivity index (χ1) is 8.83. The molecule has 0 radical (unpaired) electrons. The first-order valence-corrected chi connectivity index (χ1v) is 7.35. The Morgan fingerprint density at radius 1 is 1.37 bits per heavy atom. The van der Waals surface area contributed by atoms with Gasteiger partial charge in [0, 0.05) is 13.0 Å². The average molecular weight is 310 g/mol. The van der Waals surface area contributed by atoms with Crippen LogP contribution >= 0.6 is 11.6 Å². The molecule has 0 heterocycles. The lowest BCUT2D eigenvalue weighted by Gasteiger charge is -2.08. The zero-order valence-electron chi connectivity index (χ0n) is 9.90. The van der Waals surface area contributed by atoms with Gasteiger partial charge in [0.2, 0.25) is 10.0 Å². The molecule has 1 aromatic carbocycles. The third-order valence-electron chi connectivity index (χ3n) is 2.29. The van der Waals surface area contributed by atoms with Gasteiger partial charge < -0.3 is 5.11 Å². The number of hydrogen-bond acceptors (Lipinski definition) is 3. The van der Waals surface area contributed by atoms with Crippen molar-refractivity contribution in [3.8, 4) is 0 Å². The van der Waals surface area contributed by atoms with E-state index in [4.69, 9.17) is 16.7 Å². The first-order valence-electron chi connectivity index (χ1n) is 5.49. The molecule has 0 unspecified atom stereocenters. The smallest absolute Gasteiger partial charge is 0.303 e. The molecular formula is C11H13ClFNO4S. The van der Waals surface area contributed by atoms with Gasteiger partial charge >= 0.3 is 5.97 Å². The fraction of sp³-hybridized carbons (Fsp3) is 0.364. The zero-order valence-corrected chi connectivity index (χ0v) is 11.5. The molecule has 0 amide bonds. The number of benzene rings is 1. The summed E-state index contributed by atoms with van der Waals surface area (Å²) < 4.78 is 38.9. The van der Waals surface area contributed by atoms with Gasteiger partial charge in [-0.15, -0.1) is 0 Å². The summed E-state index contributed by atoms with van der Waals surface area (Å²) in [6, 6.07) is 3.06. The first kappa shape index (κ1) is 15.9. The summed E-state index contributed by atoms with van der Waals surface area (Å²) in [5, 5.41) is 8.35. The summed E-state index contributed by atoms with van der Waals surface area (Å²) in [6.45, 7) is 0.0719. The highest BCUT2D eigenvalue weighted by atomic mass is 35.5. The third kappa shape index (κ3) is 5.14. The SMILES string of the molecule is O=C(O)CCCCNS(=O)(=O)c1cc(F)ccc1Cl. The average Bonchev–Trinajstić information content (AvgIpc) is 2.31. The summed E-state index contributed by atoms with van der Waals surface area (Å²) in [7, 11) is -3.88. The normalized spacial score (nSPS) is 11.5. The van der Waals surface area contributed by atoms with Gasteiger partial charge in [0.25, 0.3) is 0 Å². The molecule has 1 rings (SSSR count). The van der Waals surface area contributed by atoms with Crippen LogP contribution in [0.1, 0.15) is 19.3 Å². The van der Waals surface area contributed by atoms with E-state index in [0.29, 0.717) is 12.8 Å². The van der Waals surface area contributed by atoms with E-state index in [1.54, 1.807) is 0 Å². The van der Waals surface area contributed by atoms with Crippen LogP contribution in [0.3, 0.4) is 0 Å². The van der Waals surface area contributed by atoms with E-state index in [2.05, 4.69) is 4.72 Å². The molecular weight excluding hydrogens is 297 g/mol. The number of carboxylic acid groups (broad SMARTS) is 1. The predicted octanol–water partition coefficient (Wildman–Crippen LogP) is 2.01. The van der Waals surface area contributed by atoms with Gasteiger partial charge in [-0.05, 0) is 31.0 Å². The minimum absolute atomic E-state index is 0.0253. The maximum Gasteiger partial charge on any atom is 0.303 e. The Hall–Kier alpha value is -1.18. The topological polar surface area (TPSA) is 83.5 Å². The number of halogens is 2. The number of aliphatic carboxylic acids is 1. The van der Waals surface area contributed by atoms with Crippen molar-refractivity contribution in [1.29, 1.82) is 0 Å². The number of carbonyl (C=O) groups is 1. The van der Waals surface area contributed by atoms with Crippen LogP contribution < -0.4 is 4.72 Å². The third-order valence-corrected chi connectivity index (χ3v) is 4.23. The predicted molar refractivity (Wildman–Crippen MR) is 68.1 cm³/mol. The lowest BCUT2D eigenvalue weighted by atomic mass is 10.2. The van der Waals surface area contributed by atoms with Gasteiger partial charge in [0.05, 0.1) is 5.02 Å². The second-order valence-corrected chi connectivity index (χ2v) is 5.97. The van der Waals surface area contributed by atoms with Gasteiger partial charge in [0.1, 0.15) is 10.7 Å². The van der Waals surface area contributed by atoms with Crippen LogP contribution in [0.5, 0.6) is 0 Å². The minimum Gasteiger partial charge on any atom is -0.481 e. The van der Waals surface area contributed by atoms with Crippen LogP contribution in [0.4, 0.5) is 4.39 Å². The van der Waals surface area contributed by atoms with Crippen LogP contribution in [0, 0.1) is 5.82 Å². The Kier molecular flexibility index (Phi) is 5.71. The molecule has 0 aliphatic heterocycles. The molecule has 19 heavy (non-hydrogen) atoms. The van der Waals surface area contributed by atoms with E-state index in [0.717, 1.165) is 18.2 Å². The molecule has 0 aliphatic carbocycles. The molecule has 106 valence electrons. The molecule has 0 saturated carbocycles. The molecule has 5 nitrogen and oxygen atoms in total. The summed E-state index contributed by atoms with van der Waals surface area (Å²) in [5.41, 5.74) is 0.